The van der Waals surface area contributed by atoms with Crippen molar-refractivity contribution >= 4 is 23.3 Å². The minimum atomic E-state index is -0.774. The maximum absolute atomic E-state index is 13.0. The number of nitrogens with one attached hydrogen (secondary N) is 2. The van der Waals surface area contributed by atoms with Crippen LogP contribution in [0.3, 0.4) is 0 Å². The molecule has 2 aromatic heterocycles. The van der Waals surface area contributed by atoms with Gasteiger partial charge in [-0.15, -0.1) is 0 Å². The lowest BCUT2D eigenvalue weighted by molar-refractivity contribution is -0.118. The fraction of sp³-hybridized carbons (Fsp3) is 0.292. The molecule has 0 radical (unpaired) electrons. The molecule has 4 rings (SSSR count). The first-order valence-electron chi connectivity index (χ1n) is 10.6. The lowest BCUT2D eigenvalue weighted by Gasteiger charge is -2.28. The molecule has 7 nitrogen and oxygen atoms in total. The maximum Gasteiger partial charge on any atom is 0.287 e. The van der Waals surface area contributed by atoms with Crippen molar-refractivity contribution in [3.63, 3.8) is 0 Å². The van der Waals surface area contributed by atoms with E-state index in [0.29, 0.717) is 12.2 Å². The summed E-state index contributed by atoms with van der Waals surface area (Å²) in [4.78, 5) is 32.2. The van der Waals surface area contributed by atoms with E-state index in [1.807, 2.05) is 36.4 Å². The lowest BCUT2D eigenvalue weighted by atomic mass is 10.0. The van der Waals surface area contributed by atoms with Gasteiger partial charge in [-0.05, 0) is 49.1 Å². The van der Waals surface area contributed by atoms with Gasteiger partial charge in [-0.25, -0.2) is 4.98 Å². The number of pyridine rings is 1. The Kier molecular flexibility index (Phi) is 6.62. The smallest absolute Gasteiger partial charge is 0.287 e. The Labute approximate surface area is 181 Å². The second kappa shape index (κ2) is 9.93. The molecule has 0 bridgehead atoms. The first kappa shape index (κ1) is 20.7. The first-order valence-corrected chi connectivity index (χ1v) is 10.6. The number of hydrogen-bond acceptors (Lipinski definition) is 5. The number of carbonyl (C=O) groups excluding carboxylic acids is 2. The van der Waals surface area contributed by atoms with Gasteiger partial charge in [-0.2, -0.15) is 0 Å². The number of amides is 2. The molecule has 1 aliphatic heterocycles. The number of hydrogen-bond donors (Lipinski definition) is 2. The van der Waals surface area contributed by atoms with Crippen LogP contribution in [0.1, 0.15) is 35.4 Å². The molecule has 31 heavy (non-hydrogen) atoms. The van der Waals surface area contributed by atoms with Gasteiger partial charge in [0.2, 0.25) is 5.91 Å². The molecule has 0 spiro atoms. The van der Waals surface area contributed by atoms with Crippen molar-refractivity contribution in [1.29, 1.82) is 0 Å². The predicted molar refractivity (Wildman–Crippen MR) is 119 cm³/mol. The fourth-order valence-corrected chi connectivity index (χ4v) is 3.71. The molecule has 2 N–H and O–H groups in total. The van der Waals surface area contributed by atoms with Gasteiger partial charge in [0.25, 0.3) is 5.91 Å². The fourth-order valence-electron chi connectivity index (χ4n) is 3.71. The van der Waals surface area contributed by atoms with E-state index in [4.69, 9.17) is 4.42 Å². The van der Waals surface area contributed by atoms with Crippen molar-refractivity contribution < 1.29 is 14.0 Å². The van der Waals surface area contributed by atoms with Gasteiger partial charge in [0.15, 0.2) is 5.76 Å². The van der Waals surface area contributed by atoms with Crippen LogP contribution in [0.2, 0.25) is 0 Å². The van der Waals surface area contributed by atoms with E-state index in [1.54, 1.807) is 24.4 Å². The number of carbonyl (C=O) groups is 2. The van der Waals surface area contributed by atoms with Gasteiger partial charge >= 0.3 is 0 Å². The van der Waals surface area contributed by atoms with E-state index in [0.717, 1.165) is 24.3 Å². The molecular formula is C24H26N4O3. The van der Waals surface area contributed by atoms with Gasteiger partial charge in [-0.1, -0.05) is 30.3 Å². The summed E-state index contributed by atoms with van der Waals surface area (Å²) in [6.45, 7) is 2.07. The van der Waals surface area contributed by atoms with Crippen LogP contribution in [-0.4, -0.2) is 35.9 Å². The largest absolute Gasteiger partial charge is 0.459 e. The second-order valence-corrected chi connectivity index (χ2v) is 7.63. The van der Waals surface area contributed by atoms with E-state index >= 15 is 0 Å². The third-order valence-corrected chi connectivity index (χ3v) is 5.37. The molecule has 1 atom stereocenters. The quantitative estimate of drug-likeness (QED) is 0.612. The SMILES string of the molecule is O=C(NC(Cc1ccccc1)C(=O)Nc1ccc(N2CCCCC2)cn1)c1ccco1. The van der Waals surface area contributed by atoms with Crippen molar-refractivity contribution in [2.45, 2.75) is 31.7 Å². The van der Waals surface area contributed by atoms with E-state index < -0.39 is 11.9 Å². The summed E-state index contributed by atoms with van der Waals surface area (Å²) >= 11 is 0. The summed E-state index contributed by atoms with van der Waals surface area (Å²) in [5.74, 6) is -0.151. The van der Waals surface area contributed by atoms with Crippen LogP contribution in [0.4, 0.5) is 11.5 Å². The topological polar surface area (TPSA) is 87.5 Å². The summed E-state index contributed by atoms with van der Waals surface area (Å²) in [7, 11) is 0. The third kappa shape index (κ3) is 5.51. The molecule has 0 aliphatic carbocycles. The van der Waals surface area contributed by atoms with E-state index in [1.165, 1.54) is 25.5 Å². The summed E-state index contributed by atoms with van der Waals surface area (Å²) in [5, 5.41) is 5.60. The Morgan fingerprint density at radius 1 is 1.00 bits per heavy atom. The van der Waals surface area contributed by atoms with Gasteiger partial charge < -0.3 is 20.0 Å². The standard InChI is InChI=1S/C24H26N4O3/c29-23(27-22-12-11-19(17-25-22)28-13-5-2-6-14-28)20(16-18-8-3-1-4-9-18)26-24(30)21-10-7-15-31-21/h1,3-4,7-12,15,17,20H,2,5-6,13-14,16H2,(H,26,30)(H,25,27,29). The highest BCUT2D eigenvalue weighted by molar-refractivity contribution is 5.99. The molecule has 1 unspecified atom stereocenters. The Morgan fingerprint density at radius 3 is 2.48 bits per heavy atom. The molecule has 1 aromatic carbocycles. The van der Waals surface area contributed by atoms with Gasteiger partial charge in [0, 0.05) is 19.5 Å². The molecule has 0 saturated carbocycles. The molecule has 3 heterocycles. The number of benzene rings is 1. The number of piperidine rings is 1. The molecule has 1 aliphatic rings. The van der Waals surface area contributed by atoms with Gasteiger partial charge in [-0.3, -0.25) is 9.59 Å². The number of aromatic nitrogens is 1. The number of anilines is 2. The zero-order valence-corrected chi connectivity index (χ0v) is 17.3. The van der Waals surface area contributed by atoms with Gasteiger partial charge in [0.05, 0.1) is 18.1 Å². The Hall–Kier alpha value is -3.61. The van der Waals surface area contributed by atoms with Crippen LogP contribution < -0.4 is 15.5 Å². The highest BCUT2D eigenvalue weighted by atomic mass is 16.3. The van der Waals surface area contributed by atoms with E-state index in [9.17, 15) is 9.59 Å². The van der Waals surface area contributed by atoms with Crippen molar-refractivity contribution in [2.24, 2.45) is 0 Å². The van der Waals surface area contributed by atoms with Crippen molar-refractivity contribution in [3.05, 3.63) is 78.4 Å². The molecule has 3 aromatic rings. The number of furan rings is 1. The van der Waals surface area contributed by atoms with Crippen LogP contribution >= 0.6 is 0 Å². The molecule has 1 fully saturated rings. The summed E-state index contributed by atoms with van der Waals surface area (Å²) < 4.78 is 5.15. The average molecular weight is 418 g/mol. The normalized spacial score (nSPS) is 14.6. The lowest BCUT2D eigenvalue weighted by Crippen LogP contribution is -2.45. The van der Waals surface area contributed by atoms with E-state index in [2.05, 4.69) is 20.5 Å². The second-order valence-electron chi connectivity index (χ2n) is 7.63. The predicted octanol–water partition coefficient (Wildman–Crippen LogP) is 3.64. The van der Waals surface area contributed by atoms with Gasteiger partial charge in [0.1, 0.15) is 11.9 Å². The minimum absolute atomic E-state index is 0.162. The minimum Gasteiger partial charge on any atom is -0.459 e. The van der Waals surface area contributed by atoms with Crippen LogP contribution in [0, 0.1) is 0 Å². The molecule has 7 heteroatoms. The maximum atomic E-state index is 13.0. The van der Waals surface area contributed by atoms with Crippen LogP contribution in [0.5, 0.6) is 0 Å². The van der Waals surface area contributed by atoms with E-state index in [-0.39, 0.29) is 11.7 Å². The van der Waals surface area contributed by atoms with Crippen LogP contribution in [0.25, 0.3) is 0 Å². The van der Waals surface area contributed by atoms with Crippen molar-refractivity contribution in [2.75, 3.05) is 23.3 Å². The summed E-state index contributed by atoms with van der Waals surface area (Å²) in [6.07, 6.45) is 7.21. The van der Waals surface area contributed by atoms with Crippen molar-refractivity contribution in [3.8, 4) is 0 Å². The highest BCUT2D eigenvalue weighted by Crippen LogP contribution is 2.20. The Morgan fingerprint density at radius 2 is 1.81 bits per heavy atom. The van der Waals surface area contributed by atoms with Crippen molar-refractivity contribution in [1.82, 2.24) is 10.3 Å². The highest BCUT2D eigenvalue weighted by Gasteiger charge is 2.23. The average Bonchev–Trinajstić information content (AvgIpc) is 3.36. The zero-order valence-electron chi connectivity index (χ0n) is 17.3. The molecule has 160 valence electrons. The Balaban J connectivity index is 1.44. The molecule has 2 amide bonds. The Bertz CT molecular complexity index is 981. The third-order valence-electron chi connectivity index (χ3n) is 5.37. The molecular weight excluding hydrogens is 392 g/mol. The first-order chi connectivity index (χ1) is 15.2. The summed E-state index contributed by atoms with van der Waals surface area (Å²) in [6, 6.07) is 15.8. The number of nitrogens with zero attached hydrogens (tertiary/aromatic N) is 2. The van der Waals surface area contributed by atoms with Crippen LogP contribution in [0.15, 0.2) is 71.5 Å². The van der Waals surface area contributed by atoms with Crippen LogP contribution in [-0.2, 0) is 11.2 Å². The monoisotopic (exact) mass is 418 g/mol. The molecule has 1 saturated heterocycles. The number of rotatable bonds is 7. The zero-order chi connectivity index (χ0) is 21.5. The summed E-state index contributed by atoms with van der Waals surface area (Å²) in [5.41, 5.74) is 2.00.